The van der Waals surface area contributed by atoms with Crippen LogP contribution < -0.4 is 0 Å². The summed E-state index contributed by atoms with van der Waals surface area (Å²) in [7, 11) is 0. The van der Waals surface area contributed by atoms with Crippen LogP contribution in [-0.4, -0.2) is 5.78 Å². The first kappa shape index (κ1) is 19.7. The van der Waals surface area contributed by atoms with E-state index >= 15 is 0 Å². The summed E-state index contributed by atoms with van der Waals surface area (Å²) in [5.74, 6) is -2.54. The molecular formula is C23H25F3O. The monoisotopic (exact) mass is 374 g/mol. The van der Waals surface area contributed by atoms with Gasteiger partial charge in [0.2, 0.25) is 0 Å². The van der Waals surface area contributed by atoms with Gasteiger partial charge in [-0.25, -0.2) is 13.2 Å². The molecule has 0 radical (unpaired) electrons. The van der Waals surface area contributed by atoms with Gasteiger partial charge in [0.05, 0.1) is 0 Å². The van der Waals surface area contributed by atoms with Crippen molar-refractivity contribution >= 4 is 5.78 Å². The van der Waals surface area contributed by atoms with Gasteiger partial charge in [-0.1, -0.05) is 56.9 Å². The number of halogens is 3. The van der Waals surface area contributed by atoms with Gasteiger partial charge in [0.15, 0.2) is 23.2 Å². The van der Waals surface area contributed by atoms with Crippen LogP contribution in [0.25, 0.3) is 11.1 Å². The molecule has 0 aromatic heterocycles. The number of Topliss-reactive ketones (excluding diaryl/α,β-unsaturated/α-hetero) is 1. The predicted molar refractivity (Wildman–Crippen MR) is 101 cm³/mol. The van der Waals surface area contributed by atoms with Crippen molar-refractivity contribution in [3.05, 3.63) is 59.4 Å². The van der Waals surface area contributed by atoms with Gasteiger partial charge < -0.3 is 0 Å². The summed E-state index contributed by atoms with van der Waals surface area (Å²) in [5.41, 5.74) is 1.40. The van der Waals surface area contributed by atoms with E-state index in [4.69, 9.17) is 0 Å². The van der Waals surface area contributed by atoms with Crippen molar-refractivity contribution < 1.29 is 18.0 Å². The molecule has 1 aliphatic rings. The van der Waals surface area contributed by atoms with E-state index in [0.717, 1.165) is 30.9 Å². The molecule has 0 saturated heterocycles. The topological polar surface area (TPSA) is 17.1 Å². The predicted octanol–water partition coefficient (Wildman–Crippen LogP) is 6.95. The van der Waals surface area contributed by atoms with Crippen molar-refractivity contribution in [3.63, 3.8) is 0 Å². The standard InChI is InChI=1S/C23H25F3O/c1-2-3-15-4-6-16(7-5-15)12-22(27)18-10-8-17(9-11-18)19-13-20(24)23(26)21(25)14-19/h8-11,13-16H,2-7,12H2,1H3. The minimum atomic E-state index is -1.47. The number of hydrogen-bond donors (Lipinski definition) is 0. The van der Waals surface area contributed by atoms with Crippen molar-refractivity contribution in [2.24, 2.45) is 11.8 Å². The van der Waals surface area contributed by atoms with E-state index in [1.807, 2.05) is 0 Å². The zero-order valence-electron chi connectivity index (χ0n) is 15.6. The zero-order valence-corrected chi connectivity index (χ0v) is 15.6. The first-order valence-electron chi connectivity index (χ1n) is 9.76. The lowest BCUT2D eigenvalue weighted by Gasteiger charge is -2.27. The summed E-state index contributed by atoms with van der Waals surface area (Å²) in [6.07, 6.45) is 7.72. The zero-order chi connectivity index (χ0) is 19.4. The lowest BCUT2D eigenvalue weighted by Crippen LogP contribution is -2.17. The molecule has 1 aliphatic carbocycles. The Morgan fingerprint density at radius 3 is 2.00 bits per heavy atom. The molecule has 0 aliphatic heterocycles. The maximum atomic E-state index is 13.4. The molecule has 0 N–H and O–H groups in total. The second-order valence-corrected chi connectivity index (χ2v) is 7.63. The summed E-state index contributed by atoms with van der Waals surface area (Å²) < 4.78 is 39.9. The van der Waals surface area contributed by atoms with Gasteiger partial charge in [-0.15, -0.1) is 0 Å². The van der Waals surface area contributed by atoms with Crippen LogP contribution in [0, 0.1) is 29.3 Å². The highest BCUT2D eigenvalue weighted by Crippen LogP contribution is 2.34. The smallest absolute Gasteiger partial charge is 0.194 e. The normalized spacial score (nSPS) is 19.9. The van der Waals surface area contributed by atoms with E-state index in [2.05, 4.69) is 6.92 Å². The Bertz CT molecular complexity index is 767. The Balaban J connectivity index is 1.63. The van der Waals surface area contributed by atoms with Crippen LogP contribution in [0.5, 0.6) is 0 Å². The molecule has 4 heteroatoms. The first-order chi connectivity index (χ1) is 13.0. The van der Waals surface area contributed by atoms with Gasteiger partial charge >= 0.3 is 0 Å². The maximum absolute atomic E-state index is 13.4. The van der Waals surface area contributed by atoms with Crippen LogP contribution >= 0.6 is 0 Å². The van der Waals surface area contributed by atoms with E-state index in [0.29, 0.717) is 23.5 Å². The third-order valence-corrected chi connectivity index (χ3v) is 5.66. The fraction of sp³-hybridized carbons (Fsp3) is 0.435. The molecule has 0 bridgehead atoms. The van der Waals surface area contributed by atoms with Crippen molar-refractivity contribution in [3.8, 4) is 11.1 Å². The van der Waals surface area contributed by atoms with E-state index in [9.17, 15) is 18.0 Å². The molecule has 1 fully saturated rings. The Morgan fingerprint density at radius 1 is 0.889 bits per heavy atom. The molecule has 1 saturated carbocycles. The van der Waals surface area contributed by atoms with Crippen molar-refractivity contribution in [2.75, 3.05) is 0 Å². The highest BCUT2D eigenvalue weighted by molar-refractivity contribution is 5.96. The number of benzene rings is 2. The molecule has 0 spiro atoms. The largest absolute Gasteiger partial charge is 0.294 e. The Labute approximate surface area is 158 Å². The van der Waals surface area contributed by atoms with Crippen LogP contribution in [0.2, 0.25) is 0 Å². The molecule has 2 aromatic carbocycles. The number of hydrogen-bond acceptors (Lipinski definition) is 1. The third kappa shape index (κ3) is 4.79. The van der Waals surface area contributed by atoms with Crippen LogP contribution in [0.15, 0.2) is 36.4 Å². The SMILES string of the molecule is CCCC1CCC(CC(=O)c2ccc(-c3cc(F)c(F)c(F)c3)cc2)CC1. The van der Waals surface area contributed by atoms with Crippen LogP contribution in [-0.2, 0) is 0 Å². The number of carbonyl (C=O) groups excluding carboxylic acids is 1. The molecule has 3 rings (SSSR count). The summed E-state index contributed by atoms with van der Waals surface area (Å²) >= 11 is 0. The highest BCUT2D eigenvalue weighted by Gasteiger charge is 2.23. The minimum absolute atomic E-state index is 0.108. The summed E-state index contributed by atoms with van der Waals surface area (Å²) in [5, 5.41) is 0. The molecule has 0 atom stereocenters. The average molecular weight is 374 g/mol. The number of rotatable bonds is 6. The Hall–Kier alpha value is -2.10. The second-order valence-electron chi connectivity index (χ2n) is 7.63. The molecular weight excluding hydrogens is 349 g/mol. The van der Waals surface area contributed by atoms with Crippen molar-refractivity contribution in [1.29, 1.82) is 0 Å². The number of carbonyl (C=O) groups is 1. The summed E-state index contributed by atoms with van der Waals surface area (Å²) in [6, 6.07) is 8.59. The lowest BCUT2D eigenvalue weighted by atomic mass is 9.78. The number of ketones is 1. The quantitative estimate of drug-likeness (QED) is 0.395. The molecule has 0 heterocycles. The lowest BCUT2D eigenvalue weighted by molar-refractivity contribution is 0.0942. The minimum Gasteiger partial charge on any atom is -0.294 e. The molecule has 27 heavy (non-hydrogen) atoms. The van der Waals surface area contributed by atoms with E-state index in [1.54, 1.807) is 24.3 Å². The highest BCUT2D eigenvalue weighted by atomic mass is 19.2. The van der Waals surface area contributed by atoms with Gasteiger partial charge in [-0.05, 0) is 47.9 Å². The fourth-order valence-corrected chi connectivity index (χ4v) is 4.08. The van der Waals surface area contributed by atoms with Gasteiger partial charge in [-0.3, -0.25) is 4.79 Å². The van der Waals surface area contributed by atoms with Crippen molar-refractivity contribution in [2.45, 2.75) is 51.9 Å². The van der Waals surface area contributed by atoms with Crippen LogP contribution in [0.1, 0.15) is 62.2 Å². The summed E-state index contributed by atoms with van der Waals surface area (Å²) in [6.45, 7) is 2.22. The maximum Gasteiger partial charge on any atom is 0.194 e. The second kappa shape index (κ2) is 8.73. The molecule has 0 amide bonds. The molecule has 2 aromatic rings. The van der Waals surface area contributed by atoms with Gasteiger partial charge in [0.1, 0.15) is 0 Å². The van der Waals surface area contributed by atoms with Crippen LogP contribution in [0.4, 0.5) is 13.2 Å². The van der Waals surface area contributed by atoms with E-state index < -0.39 is 17.5 Å². The molecule has 1 nitrogen and oxygen atoms in total. The molecule has 144 valence electrons. The third-order valence-electron chi connectivity index (χ3n) is 5.66. The Morgan fingerprint density at radius 2 is 1.44 bits per heavy atom. The van der Waals surface area contributed by atoms with Crippen molar-refractivity contribution in [1.82, 2.24) is 0 Å². The van der Waals surface area contributed by atoms with Gasteiger partial charge in [-0.2, -0.15) is 0 Å². The van der Waals surface area contributed by atoms with Crippen LogP contribution in [0.3, 0.4) is 0 Å². The Kier molecular flexibility index (Phi) is 6.35. The average Bonchev–Trinajstić information content (AvgIpc) is 2.67. The van der Waals surface area contributed by atoms with Gasteiger partial charge in [0.25, 0.3) is 0 Å². The molecule has 0 unspecified atom stereocenters. The summed E-state index contributed by atoms with van der Waals surface area (Å²) in [4.78, 5) is 12.6. The first-order valence-corrected chi connectivity index (χ1v) is 9.76. The van der Waals surface area contributed by atoms with Gasteiger partial charge in [0, 0.05) is 12.0 Å². The fourth-order valence-electron chi connectivity index (χ4n) is 4.08. The van der Waals surface area contributed by atoms with E-state index in [-0.39, 0.29) is 11.3 Å². The van der Waals surface area contributed by atoms with E-state index in [1.165, 1.54) is 25.7 Å².